The smallest absolute Gasteiger partial charge is 0.300 e. The summed E-state index contributed by atoms with van der Waals surface area (Å²) in [6.45, 7) is 8.51. The zero-order chi connectivity index (χ0) is 19.7. The average Bonchev–Trinajstić information content (AvgIpc) is 3.04. The molecule has 0 saturated heterocycles. The molecule has 5 nitrogen and oxygen atoms in total. The topological polar surface area (TPSA) is 60.2 Å². The van der Waals surface area contributed by atoms with Crippen LogP contribution in [0.2, 0.25) is 0 Å². The molecule has 0 atom stereocenters. The summed E-state index contributed by atoms with van der Waals surface area (Å²) >= 11 is 0. The van der Waals surface area contributed by atoms with Crippen LogP contribution in [0.1, 0.15) is 31.9 Å². The average molecular weight is 373 g/mol. The fourth-order valence-electron chi connectivity index (χ4n) is 3.05. The number of aromatic nitrogens is 2. The van der Waals surface area contributed by atoms with Crippen molar-refractivity contribution in [3.8, 4) is 11.6 Å². The van der Waals surface area contributed by atoms with Crippen molar-refractivity contribution in [1.29, 1.82) is 0 Å². The quantitative estimate of drug-likeness (QED) is 0.451. The predicted octanol–water partition coefficient (Wildman–Crippen LogP) is 6.36. The van der Waals surface area contributed by atoms with E-state index < -0.39 is 0 Å². The molecule has 28 heavy (non-hydrogen) atoms. The molecule has 4 aromatic rings. The highest BCUT2D eigenvalue weighted by atomic mass is 16.5. The van der Waals surface area contributed by atoms with Gasteiger partial charge >= 0.3 is 0 Å². The lowest BCUT2D eigenvalue weighted by atomic mass is 9.86. The Balaban J connectivity index is 1.66. The molecule has 0 amide bonds. The Morgan fingerprint density at radius 3 is 2.64 bits per heavy atom. The van der Waals surface area contributed by atoms with Crippen LogP contribution in [0.15, 0.2) is 65.2 Å². The Bertz CT molecular complexity index is 1130. The van der Waals surface area contributed by atoms with Crippen LogP contribution >= 0.6 is 0 Å². The molecule has 0 saturated carbocycles. The van der Waals surface area contributed by atoms with Crippen LogP contribution in [0.25, 0.3) is 11.1 Å². The van der Waals surface area contributed by atoms with Crippen molar-refractivity contribution >= 4 is 22.8 Å². The minimum absolute atomic E-state index is 0.0445. The normalized spacial score (nSPS) is 11.6. The maximum atomic E-state index is 6.19. The van der Waals surface area contributed by atoms with Gasteiger partial charge in [-0.15, -0.1) is 0 Å². The number of fused-ring (bicyclic) bond motifs is 1. The monoisotopic (exact) mass is 373 g/mol. The first kappa shape index (κ1) is 18.0. The standard InChI is InChI=1S/C23H23N3O2/c1-15-11-12-20-18(14-15)26-22(28-20)25-17-9-7-13-24-21(17)27-19-10-6-5-8-16(19)23(2,3)4/h5-14H,1-4H3,(H,25,26). The lowest BCUT2D eigenvalue weighted by Gasteiger charge is -2.22. The van der Waals surface area contributed by atoms with Gasteiger partial charge in [-0.1, -0.05) is 45.0 Å². The number of pyridine rings is 1. The van der Waals surface area contributed by atoms with E-state index in [0.29, 0.717) is 17.6 Å². The molecule has 1 N–H and O–H groups in total. The Kier molecular flexibility index (Phi) is 4.51. The highest BCUT2D eigenvalue weighted by molar-refractivity contribution is 5.76. The second-order valence-electron chi connectivity index (χ2n) is 7.82. The van der Waals surface area contributed by atoms with Crippen LogP contribution in [0.3, 0.4) is 0 Å². The Hall–Kier alpha value is -3.34. The van der Waals surface area contributed by atoms with Crippen molar-refractivity contribution in [2.75, 3.05) is 5.32 Å². The van der Waals surface area contributed by atoms with E-state index in [1.165, 1.54) is 0 Å². The van der Waals surface area contributed by atoms with Gasteiger partial charge in [-0.2, -0.15) is 4.98 Å². The number of benzene rings is 2. The number of hydrogen-bond acceptors (Lipinski definition) is 5. The molecule has 2 aromatic carbocycles. The molecule has 0 spiro atoms. The molecule has 0 aliphatic carbocycles. The van der Waals surface area contributed by atoms with Crippen LogP contribution in [-0.2, 0) is 5.41 Å². The number of oxazole rings is 1. The van der Waals surface area contributed by atoms with E-state index in [1.807, 2.05) is 55.5 Å². The van der Waals surface area contributed by atoms with Crippen molar-refractivity contribution in [1.82, 2.24) is 9.97 Å². The van der Waals surface area contributed by atoms with Gasteiger partial charge in [-0.05, 0) is 48.2 Å². The van der Waals surface area contributed by atoms with Crippen molar-refractivity contribution in [3.05, 3.63) is 71.9 Å². The van der Waals surface area contributed by atoms with E-state index in [1.54, 1.807) is 6.20 Å². The molecule has 2 aromatic heterocycles. The minimum atomic E-state index is -0.0445. The fourth-order valence-corrected chi connectivity index (χ4v) is 3.05. The largest absolute Gasteiger partial charge is 0.437 e. The van der Waals surface area contributed by atoms with Gasteiger partial charge in [0.05, 0.1) is 0 Å². The third-order valence-corrected chi connectivity index (χ3v) is 4.46. The Morgan fingerprint density at radius 2 is 1.82 bits per heavy atom. The third-order valence-electron chi connectivity index (χ3n) is 4.46. The molecule has 2 heterocycles. The van der Waals surface area contributed by atoms with E-state index in [4.69, 9.17) is 9.15 Å². The first-order chi connectivity index (χ1) is 13.4. The summed E-state index contributed by atoms with van der Waals surface area (Å²) in [6.07, 6.45) is 1.70. The van der Waals surface area contributed by atoms with E-state index >= 15 is 0 Å². The van der Waals surface area contributed by atoms with Crippen LogP contribution in [0.4, 0.5) is 11.7 Å². The van der Waals surface area contributed by atoms with E-state index in [0.717, 1.165) is 28.0 Å². The van der Waals surface area contributed by atoms with Gasteiger partial charge < -0.3 is 14.5 Å². The SMILES string of the molecule is Cc1ccc2oc(Nc3cccnc3Oc3ccccc3C(C)(C)C)nc2c1. The zero-order valence-corrected chi connectivity index (χ0v) is 16.5. The number of para-hydroxylation sites is 1. The number of hydrogen-bond donors (Lipinski definition) is 1. The number of rotatable bonds is 4. The highest BCUT2D eigenvalue weighted by Crippen LogP contribution is 2.36. The third kappa shape index (κ3) is 3.69. The van der Waals surface area contributed by atoms with Crippen molar-refractivity contribution in [2.45, 2.75) is 33.1 Å². The summed E-state index contributed by atoms with van der Waals surface area (Å²) in [4.78, 5) is 8.92. The first-order valence-electron chi connectivity index (χ1n) is 9.27. The van der Waals surface area contributed by atoms with Gasteiger partial charge in [0.1, 0.15) is 17.0 Å². The Labute approximate surface area is 164 Å². The van der Waals surface area contributed by atoms with Crippen molar-refractivity contribution in [2.24, 2.45) is 0 Å². The molecular weight excluding hydrogens is 350 g/mol. The second-order valence-corrected chi connectivity index (χ2v) is 7.82. The minimum Gasteiger partial charge on any atom is -0.437 e. The van der Waals surface area contributed by atoms with Gasteiger partial charge in [0.15, 0.2) is 5.58 Å². The lowest BCUT2D eigenvalue weighted by Crippen LogP contribution is -2.12. The van der Waals surface area contributed by atoms with Crippen molar-refractivity contribution in [3.63, 3.8) is 0 Å². The number of ether oxygens (including phenoxy) is 1. The van der Waals surface area contributed by atoms with Gasteiger partial charge in [0.2, 0.25) is 5.88 Å². The first-order valence-corrected chi connectivity index (χ1v) is 9.27. The van der Waals surface area contributed by atoms with Gasteiger partial charge in [0, 0.05) is 11.8 Å². The van der Waals surface area contributed by atoms with Crippen LogP contribution < -0.4 is 10.1 Å². The number of aryl methyl sites for hydroxylation is 1. The predicted molar refractivity (Wildman–Crippen MR) is 111 cm³/mol. The van der Waals surface area contributed by atoms with Crippen LogP contribution in [-0.4, -0.2) is 9.97 Å². The van der Waals surface area contributed by atoms with Gasteiger partial charge in [-0.25, -0.2) is 4.98 Å². The molecule has 0 aliphatic rings. The molecule has 5 heteroatoms. The Morgan fingerprint density at radius 1 is 1.00 bits per heavy atom. The van der Waals surface area contributed by atoms with Crippen LogP contribution in [0.5, 0.6) is 11.6 Å². The lowest BCUT2D eigenvalue weighted by molar-refractivity contribution is 0.441. The summed E-state index contributed by atoms with van der Waals surface area (Å²) in [5, 5.41) is 3.19. The molecule has 0 unspecified atom stereocenters. The van der Waals surface area contributed by atoms with Crippen LogP contribution in [0, 0.1) is 6.92 Å². The van der Waals surface area contributed by atoms with E-state index in [-0.39, 0.29) is 5.41 Å². The number of nitrogens with zero attached hydrogens (tertiary/aromatic N) is 2. The van der Waals surface area contributed by atoms with Gasteiger partial charge in [0.25, 0.3) is 6.01 Å². The zero-order valence-electron chi connectivity index (χ0n) is 16.5. The molecule has 0 aliphatic heterocycles. The van der Waals surface area contributed by atoms with E-state index in [9.17, 15) is 0 Å². The molecule has 0 fully saturated rings. The highest BCUT2D eigenvalue weighted by Gasteiger charge is 2.20. The summed E-state index contributed by atoms with van der Waals surface area (Å²) in [6, 6.07) is 18.1. The van der Waals surface area contributed by atoms with Gasteiger partial charge in [-0.3, -0.25) is 0 Å². The molecule has 0 bridgehead atoms. The molecule has 142 valence electrons. The molecule has 4 rings (SSSR count). The number of anilines is 2. The van der Waals surface area contributed by atoms with E-state index in [2.05, 4.69) is 42.1 Å². The fraction of sp³-hybridized carbons (Fsp3) is 0.217. The molecule has 0 radical (unpaired) electrons. The summed E-state index contributed by atoms with van der Waals surface area (Å²) in [7, 11) is 0. The maximum absolute atomic E-state index is 6.19. The van der Waals surface area contributed by atoms with Crippen molar-refractivity contribution < 1.29 is 9.15 Å². The number of nitrogens with one attached hydrogen (secondary N) is 1. The second kappa shape index (κ2) is 7.00. The summed E-state index contributed by atoms with van der Waals surface area (Å²) < 4.78 is 12.0. The maximum Gasteiger partial charge on any atom is 0.300 e. The molecular formula is C23H23N3O2. The summed E-state index contributed by atoms with van der Waals surface area (Å²) in [5.74, 6) is 1.25. The summed E-state index contributed by atoms with van der Waals surface area (Å²) in [5.41, 5.74) is 4.44.